The number of carbonyl (C=O) groups excluding carboxylic acids is 1. The predicted molar refractivity (Wildman–Crippen MR) is 142 cm³/mol. The van der Waals surface area contributed by atoms with Gasteiger partial charge in [-0.3, -0.25) is 4.79 Å². The molecule has 184 valence electrons. The molecule has 0 aromatic heterocycles. The third-order valence-electron chi connectivity index (χ3n) is 5.37. The van der Waals surface area contributed by atoms with Crippen molar-refractivity contribution in [2.45, 2.75) is 11.4 Å². The number of amides is 1. The van der Waals surface area contributed by atoms with Crippen LogP contribution in [-0.2, 0) is 21.4 Å². The van der Waals surface area contributed by atoms with E-state index in [0.29, 0.717) is 16.1 Å². The Balaban J connectivity index is 1.56. The molecule has 4 aromatic carbocycles. The Morgan fingerprint density at radius 2 is 1.67 bits per heavy atom. The number of nitrogens with zero attached hydrogens (tertiary/aromatic N) is 2. The van der Waals surface area contributed by atoms with Crippen LogP contribution in [0.5, 0.6) is 5.75 Å². The number of nitrogens with one attached hydrogen (secondary N) is 1. The van der Waals surface area contributed by atoms with Gasteiger partial charge >= 0.3 is 0 Å². The molecule has 4 aromatic rings. The molecule has 0 aliphatic carbocycles. The van der Waals surface area contributed by atoms with Crippen molar-refractivity contribution in [3.8, 4) is 5.75 Å². The van der Waals surface area contributed by atoms with Crippen LogP contribution in [0, 0.1) is 0 Å². The highest BCUT2D eigenvalue weighted by molar-refractivity contribution is 7.89. The highest BCUT2D eigenvalue weighted by Gasteiger charge is 2.27. The van der Waals surface area contributed by atoms with Crippen LogP contribution in [0.25, 0.3) is 10.8 Å². The first-order chi connectivity index (χ1) is 17.3. The second-order valence-electron chi connectivity index (χ2n) is 7.85. The molecule has 0 aliphatic heterocycles. The van der Waals surface area contributed by atoms with Crippen LogP contribution >= 0.6 is 23.2 Å². The van der Waals surface area contributed by atoms with Crippen LogP contribution in [0.3, 0.4) is 0 Å². The van der Waals surface area contributed by atoms with E-state index >= 15 is 0 Å². The van der Waals surface area contributed by atoms with Crippen molar-refractivity contribution in [2.75, 3.05) is 6.54 Å². The van der Waals surface area contributed by atoms with Crippen LogP contribution in [0.4, 0.5) is 0 Å². The van der Waals surface area contributed by atoms with Crippen molar-refractivity contribution >= 4 is 56.1 Å². The smallest absolute Gasteiger partial charge is 0.255 e. The molecule has 10 heteroatoms. The Bertz CT molecular complexity index is 1540. The van der Waals surface area contributed by atoms with E-state index in [9.17, 15) is 18.3 Å². The Morgan fingerprint density at radius 1 is 0.944 bits per heavy atom. The molecule has 0 fully saturated rings. The van der Waals surface area contributed by atoms with Gasteiger partial charge in [0.05, 0.1) is 27.7 Å². The third kappa shape index (κ3) is 5.85. The van der Waals surface area contributed by atoms with Gasteiger partial charge in [0.25, 0.3) is 5.91 Å². The fourth-order valence-electron chi connectivity index (χ4n) is 3.59. The predicted octanol–water partition coefficient (Wildman–Crippen LogP) is 5.19. The summed E-state index contributed by atoms with van der Waals surface area (Å²) in [6.07, 6.45) is 1.32. The molecule has 0 atom stereocenters. The molecular formula is C26H21Cl2N3O4S. The second kappa shape index (κ2) is 11.1. The SMILES string of the molecule is O=C(CN(Cc1ccc(Cl)c(Cl)c1)S(=O)(=O)c1ccccc1)NN=Cc1c(O)ccc2ccccc12. The molecule has 4 rings (SSSR count). The van der Waals surface area contributed by atoms with E-state index in [2.05, 4.69) is 10.5 Å². The molecular weight excluding hydrogens is 521 g/mol. The lowest BCUT2D eigenvalue weighted by Crippen LogP contribution is -2.39. The molecule has 36 heavy (non-hydrogen) atoms. The zero-order valence-corrected chi connectivity index (χ0v) is 21.1. The van der Waals surface area contributed by atoms with E-state index in [1.54, 1.807) is 42.5 Å². The summed E-state index contributed by atoms with van der Waals surface area (Å²) in [5.74, 6) is -0.662. The Kier molecular flexibility index (Phi) is 7.91. The number of hydrazone groups is 1. The number of phenolic OH excluding ortho intramolecular Hbond substituents is 1. The van der Waals surface area contributed by atoms with Gasteiger partial charge in [-0.25, -0.2) is 13.8 Å². The van der Waals surface area contributed by atoms with Gasteiger partial charge in [-0.2, -0.15) is 9.41 Å². The summed E-state index contributed by atoms with van der Waals surface area (Å²) in [7, 11) is -4.03. The Labute approximate surface area is 218 Å². The maximum Gasteiger partial charge on any atom is 0.255 e. The minimum absolute atomic E-state index is 0.000372. The van der Waals surface area contributed by atoms with E-state index < -0.39 is 22.5 Å². The number of phenols is 1. The lowest BCUT2D eigenvalue weighted by molar-refractivity contribution is -0.121. The average molecular weight is 542 g/mol. The maximum absolute atomic E-state index is 13.3. The molecule has 1 amide bonds. The van der Waals surface area contributed by atoms with Crippen LogP contribution in [0.15, 0.2) is 94.9 Å². The highest BCUT2D eigenvalue weighted by Crippen LogP contribution is 2.26. The number of aromatic hydroxyl groups is 1. The van der Waals surface area contributed by atoms with E-state index in [-0.39, 0.29) is 22.2 Å². The molecule has 0 spiro atoms. The topological polar surface area (TPSA) is 99.1 Å². The fourth-order valence-corrected chi connectivity index (χ4v) is 5.32. The van der Waals surface area contributed by atoms with E-state index in [1.807, 2.05) is 24.3 Å². The van der Waals surface area contributed by atoms with Crippen LogP contribution in [0.1, 0.15) is 11.1 Å². The standard InChI is InChI=1S/C26H21Cl2N3O4S/c27-23-12-10-18(14-24(23)28)16-31(36(34,35)20-7-2-1-3-8-20)17-26(33)30-29-15-22-21-9-5-4-6-19(21)11-13-25(22)32/h1-15,32H,16-17H2,(H,30,33). The number of sulfonamides is 1. The van der Waals surface area contributed by atoms with Crippen molar-refractivity contribution in [1.82, 2.24) is 9.73 Å². The first-order valence-electron chi connectivity index (χ1n) is 10.8. The Morgan fingerprint density at radius 3 is 2.42 bits per heavy atom. The number of rotatable bonds is 8. The first-order valence-corrected chi connectivity index (χ1v) is 13.0. The summed E-state index contributed by atoms with van der Waals surface area (Å²) in [6, 6.07) is 23.3. The summed E-state index contributed by atoms with van der Waals surface area (Å²) < 4.78 is 27.7. The van der Waals surface area contributed by atoms with Gasteiger partial charge in [0.15, 0.2) is 0 Å². The van der Waals surface area contributed by atoms with Crippen molar-refractivity contribution in [3.63, 3.8) is 0 Å². The van der Waals surface area contributed by atoms with Crippen molar-refractivity contribution in [3.05, 3.63) is 106 Å². The number of hydrogen-bond acceptors (Lipinski definition) is 5. The number of benzene rings is 4. The molecule has 7 nitrogen and oxygen atoms in total. The molecule has 0 radical (unpaired) electrons. The molecule has 0 saturated heterocycles. The van der Waals surface area contributed by atoms with Gasteiger partial charge < -0.3 is 5.11 Å². The zero-order chi connectivity index (χ0) is 25.7. The third-order valence-corrected chi connectivity index (χ3v) is 7.92. The van der Waals surface area contributed by atoms with E-state index in [4.69, 9.17) is 23.2 Å². The summed E-state index contributed by atoms with van der Waals surface area (Å²) in [5.41, 5.74) is 3.33. The van der Waals surface area contributed by atoms with Crippen molar-refractivity contribution < 1.29 is 18.3 Å². The fraction of sp³-hybridized carbons (Fsp3) is 0.0769. The van der Waals surface area contributed by atoms with E-state index in [0.717, 1.165) is 15.1 Å². The lowest BCUT2D eigenvalue weighted by Gasteiger charge is -2.21. The second-order valence-corrected chi connectivity index (χ2v) is 10.6. The average Bonchev–Trinajstić information content (AvgIpc) is 2.87. The largest absolute Gasteiger partial charge is 0.507 e. The minimum atomic E-state index is -4.03. The van der Waals surface area contributed by atoms with Gasteiger partial charge in [-0.15, -0.1) is 0 Å². The summed E-state index contributed by atoms with van der Waals surface area (Å²) in [5, 5.41) is 16.4. The first kappa shape index (κ1) is 25.7. The molecule has 0 heterocycles. The molecule has 0 unspecified atom stereocenters. The quantitative estimate of drug-likeness (QED) is 0.236. The van der Waals surface area contributed by atoms with Crippen LogP contribution in [-0.4, -0.2) is 36.5 Å². The monoisotopic (exact) mass is 541 g/mol. The van der Waals surface area contributed by atoms with Gasteiger partial charge in [0, 0.05) is 12.1 Å². The summed E-state index contributed by atoms with van der Waals surface area (Å²) in [4.78, 5) is 12.8. The van der Waals surface area contributed by atoms with Gasteiger partial charge in [0.2, 0.25) is 10.0 Å². The molecule has 0 bridgehead atoms. The number of fused-ring (bicyclic) bond motifs is 1. The van der Waals surface area contributed by atoms with Gasteiger partial charge in [-0.1, -0.05) is 77.8 Å². The summed E-state index contributed by atoms with van der Waals surface area (Å²) >= 11 is 12.1. The van der Waals surface area contributed by atoms with Crippen molar-refractivity contribution in [1.29, 1.82) is 0 Å². The normalized spacial score (nSPS) is 11.9. The maximum atomic E-state index is 13.3. The lowest BCUT2D eigenvalue weighted by atomic mass is 10.0. The number of hydrogen-bond donors (Lipinski definition) is 2. The number of halogens is 2. The molecule has 0 aliphatic rings. The zero-order valence-electron chi connectivity index (χ0n) is 18.8. The molecule has 2 N–H and O–H groups in total. The molecule has 0 saturated carbocycles. The Hall–Kier alpha value is -3.43. The number of carbonyl (C=O) groups is 1. The summed E-state index contributed by atoms with van der Waals surface area (Å²) in [6.45, 7) is -0.619. The highest BCUT2D eigenvalue weighted by atomic mass is 35.5. The van der Waals surface area contributed by atoms with Gasteiger partial charge in [0.1, 0.15) is 5.75 Å². The van der Waals surface area contributed by atoms with Crippen LogP contribution in [0.2, 0.25) is 10.0 Å². The minimum Gasteiger partial charge on any atom is -0.507 e. The van der Waals surface area contributed by atoms with Crippen molar-refractivity contribution in [2.24, 2.45) is 5.10 Å². The van der Waals surface area contributed by atoms with Gasteiger partial charge in [-0.05, 0) is 46.7 Å². The van der Waals surface area contributed by atoms with Crippen LogP contribution < -0.4 is 5.43 Å². The van der Waals surface area contributed by atoms with E-state index in [1.165, 1.54) is 24.4 Å².